The molecule has 0 saturated carbocycles. The fourth-order valence-electron chi connectivity index (χ4n) is 3.91. The average molecular weight is 603 g/mol. The number of hydrogen-bond donors (Lipinski definition) is 4. The van der Waals surface area contributed by atoms with Gasteiger partial charge >= 0.3 is 0 Å². The Bertz CT molecular complexity index is 1690. The van der Waals surface area contributed by atoms with E-state index in [-0.39, 0.29) is 34.6 Å². The number of methoxy groups -OCH3 is 1. The molecule has 0 bridgehead atoms. The van der Waals surface area contributed by atoms with Crippen molar-refractivity contribution in [3.8, 4) is 23.0 Å². The van der Waals surface area contributed by atoms with Crippen molar-refractivity contribution >= 4 is 25.5 Å². The summed E-state index contributed by atoms with van der Waals surface area (Å²) in [6.07, 6.45) is 0.588. The molecule has 12 nitrogen and oxygen atoms in total. The van der Waals surface area contributed by atoms with Crippen molar-refractivity contribution in [3.63, 3.8) is 0 Å². The summed E-state index contributed by atoms with van der Waals surface area (Å²) < 4.78 is 61.3. The van der Waals surface area contributed by atoms with Crippen molar-refractivity contribution in [1.29, 1.82) is 0 Å². The molecule has 0 spiro atoms. The van der Waals surface area contributed by atoms with Crippen LogP contribution >= 0.6 is 0 Å². The number of anilines is 1. The van der Waals surface area contributed by atoms with Crippen LogP contribution in [-0.2, 0) is 32.0 Å². The second kappa shape index (κ2) is 12.7. The van der Waals surface area contributed by atoms with Gasteiger partial charge in [-0.25, -0.2) is 16.8 Å². The minimum Gasteiger partial charge on any atom is -0.506 e. The largest absolute Gasteiger partial charge is 0.506 e. The Morgan fingerprint density at radius 3 is 2.37 bits per heavy atom. The molecule has 4 N–H and O–H groups in total. The Morgan fingerprint density at radius 2 is 1.71 bits per heavy atom. The molecule has 1 atom stereocenters. The van der Waals surface area contributed by atoms with Crippen LogP contribution in [0.4, 0.5) is 5.69 Å². The van der Waals surface area contributed by atoms with Gasteiger partial charge in [0, 0.05) is 12.1 Å². The van der Waals surface area contributed by atoms with Crippen molar-refractivity contribution in [2.24, 2.45) is 0 Å². The number of nitrogens with zero attached hydrogens (tertiary/aromatic N) is 2. The first-order valence-corrected chi connectivity index (χ1v) is 16.0. The van der Waals surface area contributed by atoms with Gasteiger partial charge in [-0.3, -0.25) is 4.72 Å². The number of sulfone groups is 1. The number of phenols is 1. The maximum absolute atomic E-state index is 12.9. The predicted octanol–water partition coefficient (Wildman–Crippen LogP) is 2.66. The molecule has 0 aliphatic heterocycles. The zero-order chi connectivity index (χ0) is 29.6. The highest BCUT2D eigenvalue weighted by molar-refractivity contribution is 7.92. The fourth-order valence-corrected chi connectivity index (χ4v) is 5.65. The summed E-state index contributed by atoms with van der Waals surface area (Å²) in [5.74, 6) is 0.268. The lowest BCUT2D eigenvalue weighted by Gasteiger charge is -2.15. The third-order valence-corrected chi connectivity index (χ3v) is 8.25. The SMILES string of the molecule is COc1ccc(-c2nc(CS(=O)(=O)c3ccc(CCNC[C@@H](O)c4ccc(O)c(NS(C)(=O)=O)c4)cc3)no2)cc1. The van der Waals surface area contributed by atoms with Gasteiger partial charge in [0.25, 0.3) is 5.89 Å². The van der Waals surface area contributed by atoms with Gasteiger partial charge in [0.1, 0.15) is 17.3 Å². The van der Waals surface area contributed by atoms with Crippen molar-refractivity contribution in [3.05, 3.63) is 83.7 Å². The Kier molecular flexibility index (Phi) is 9.28. The number of ether oxygens (including phenoxy) is 1. The summed E-state index contributed by atoms with van der Waals surface area (Å²) in [5, 5.41) is 27.2. The minimum atomic E-state index is -3.71. The van der Waals surface area contributed by atoms with E-state index >= 15 is 0 Å². The van der Waals surface area contributed by atoms with E-state index in [0.717, 1.165) is 11.8 Å². The van der Waals surface area contributed by atoms with Gasteiger partial charge in [-0.05, 0) is 72.6 Å². The van der Waals surface area contributed by atoms with Crippen LogP contribution in [0.2, 0.25) is 0 Å². The van der Waals surface area contributed by atoms with Crippen molar-refractivity contribution in [2.45, 2.75) is 23.2 Å². The normalized spacial score (nSPS) is 12.7. The number of aliphatic hydroxyl groups excluding tert-OH is 1. The molecule has 0 fully saturated rings. The molecule has 1 aromatic heterocycles. The molecule has 4 rings (SSSR count). The van der Waals surface area contributed by atoms with E-state index < -0.39 is 31.7 Å². The summed E-state index contributed by atoms with van der Waals surface area (Å²) in [7, 11) is -5.74. The highest BCUT2D eigenvalue weighted by Gasteiger charge is 2.20. The lowest BCUT2D eigenvalue weighted by atomic mass is 10.1. The number of aromatic nitrogens is 2. The summed E-state index contributed by atoms with van der Waals surface area (Å²) in [5.41, 5.74) is 1.94. The van der Waals surface area contributed by atoms with E-state index in [1.54, 1.807) is 43.5 Å². The Labute approximate surface area is 238 Å². The fraction of sp³-hybridized carbons (Fsp3) is 0.259. The van der Waals surface area contributed by atoms with E-state index in [1.165, 1.54) is 30.3 Å². The number of phenolic OH excluding ortho intramolecular Hbond substituents is 1. The smallest absolute Gasteiger partial charge is 0.257 e. The molecule has 41 heavy (non-hydrogen) atoms. The van der Waals surface area contributed by atoms with Crippen LogP contribution in [0.3, 0.4) is 0 Å². The third kappa shape index (κ3) is 8.27. The molecule has 0 saturated heterocycles. The van der Waals surface area contributed by atoms with Crippen molar-refractivity contribution in [2.75, 3.05) is 31.2 Å². The van der Waals surface area contributed by atoms with E-state index in [0.29, 0.717) is 29.8 Å². The molecule has 218 valence electrons. The quantitative estimate of drug-likeness (QED) is 0.130. The monoisotopic (exact) mass is 602 g/mol. The second-order valence-corrected chi connectivity index (χ2v) is 13.0. The van der Waals surface area contributed by atoms with Gasteiger partial charge in [-0.2, -0.15) is 4.98 Å². The first-order valence-electron chi connectivity index (χ1n) is 12.4. The Morgan fingerprint density at radius 1 is 1.00 bits per heavy atom. The van der Waals surface area contributed by atoms with E-state index in [1.807, 2.05) is 0 Å². The number of aliphatic hydroxyl groups is 1. The Hall–Kier alpha value is -3.98. The second-order valence-electron chi connectivity index (χ2n) is 9.27. The van der Waals surface area contributed by atoms with Gasteiger partial charge in [0.05, 0.1) is 30.1 Å². The minimum absolute atomic E-state index is 0.0175. The number of nitrogens with one attached hydrogen (secondary N) is 2. The van der Waals surface area contributed by atoms with Crippen LogP contribution in [0.1, 0.15) is 23.1 Å². The first-order chi connectivity index (χ1) is 19.4. The van der Waals surface area contributed by atoms with E-state index in [4.69, 9.17) is 9.26 Å². The van der Waals surface area contributed by atoms with Crippen LogP contribution in [-0.4, -0.2) is 63.6 Å². The molecule has 14 heteroatoms. The number of aromatic hydroxyl groups is 1. The number of hydrogen-bond acceptors (Lipinski definition) is 11. The molecule has 1 heterocycles. The molecule has 0 aliphatic carbocycles. The van der Waals surface area contributed by atoms with E-state index in [9.17, 15) is 27.0 Å². The van der Waals surface area contributed by atoms with Crippen LogP contribution in [0.15, 0.2) is 76.1 Å². The zero-order valence-electron chi connectivity index (χ0n) is 22.3. The van der Waals surface area contributed by atoms with Crippen molar-refractivity contribution in [1.82, 2.24) is 15.5 Å². The number of benzene rings is 3. The van der Waals surface area contributed by atoms with Gasteiger partial charge in [-0.1, -0.05) is 23.4 Å². The Balaban J connectivity index is 1.28. The highest BCUT2D eigenvalue weighted by Crippen LogP contribution is 2.28. The topological polar surface area (TPSA) is 181 Å². The molecule has 0 unspecified atom stereocenters. The molecule has 0 radical (unpaired) electrons. The lowest BCUT2D eigenvalue weighted by Crippen LogP contribution is -2.24. The summed E-state index contributed by atoms with van der Waals surface area (Å²) in [6, 6.07) is 17.6. The lowest BCUT2D eigenvalue weighted by molar-refractivity contribution is 0.175. The highest BCUT2D eigenvalue weighted by atomic mass is 32.2. The standard InChI is InChI=1S/C27H30N4O8S2/c1-38-21-8-5-19(6-9-21)27-29-26(30-39-27)17-41(36,37)22-10-3-18(4-11-22)13-14-28-16-25(33)20-7-12-24(32)23(15-20)31-40(2,34)35/h3-12,15,25,28,31-33H,13-14,16-17H2,1-2H3/t25-/m1/s1. The van der Waals surface area contributed by atoms with Crippen LogP contribution in [0.25, 0.3) is 11.5 Å². The van der Waals surface area contributed by atoms with Gasteiger partial charge < -0.3 is 24.8 Å². The molecule has 0 amide bonds. The van der Waals surface area contributed by atoms with Crippen LogP contribution < -0.4 is 14.8 Å². The molecule has 0 aliphatic rings. The first kappa shape index (κ1) is 30.0. The maximum atomic E-state index is 12.9. The predicted molar refractivity (Wildman–Crippen MR) is 152 cm³/mol. The summed E-state index contributed by atoms with van der Waals surface area (Å²) >= 11 is 0. The molecular weight excluding hydrogens is 572 g/mol. The molecule has 3 aromatic carbocycles. The molecular formula is C27H30N4O8S2. The van der Waals surface area contributed by atoms with Crippen molar-refractivity contribution < 1.29 is 36.3 Å². The number of sulfonamides is 1. The van der Waals surface area contributed by atoms with Gasteiger partial charge in [0.15, 0.2) is 15.7 Å². The van der Waals surface area contributed by atoms with Crippen LogP contribution in [0.5, 0.6) is 11.5 Å². The van der Waals surface area contributed by atoms with Crippen LogP contribution in [0, 0.1) is 0 Å². The third-order valence-electron chi connectivity index (χ3n) is 6.04. The van der Waals surface area contributed by atoms with Gasteiger partial charge in [-0.15, -0.1) is 0 Å². The zero-order valence-corrected chi connectivity index (χ0v) is 23.9. The van der Waals surface area contributed by atoms with E-state index in [2.05, 4.69) is 20.2 Å². The average Bonchev–Trinajstić information content (AvgIpc) is 3.39. The van der Waals surface area contributed by atoms with Gasteiger partial charge in [0.2, 0.25) is 10.0 Å². The summed E-state index contributed by atoms with van der Waals surface area (Å²) in [6.45, 7) is 0.672. The maximum Gasteiger partial charge on any atom is 0.257 e. The number of rotatable bonds is 13. The summed E-state index contributed by atoms with van der Waals surface area (Å²) in [4.78, 5) is 4.34. The molecule has 4 aromatic rings.